The summed E-state index contributed by atoms with van der Waals surface area (Å²) < 4.78 is 5.25. The van der Waals surface area contributed by atoms with E-state index in [0.29, 0.717) is 19.0 Å². The smallest absolute Gasteiger partial charge is 0.357 e. The summed E-state index contributed by atoms with van der Waals surface area (Å²) in [6.45, 7) is 5.30. The van der Waals surface area contributed by atoms with Gasteiger partial charge in [-0.1, -0.05) is 36.7 Å². The number of carbonyl (C=O) groups is 1. The molecule has 0 saturated heterocycles. The summed E-state index contributed by atoms with van der Waals surface area (Å²) in [5, 5.41) is 9.62. The summed E-state index contributed by atoms with van der Waals surface area (Å²) in [7, 11) is 0. The molecule has 2 rings (SSSR count). The van der Waals surface area contributed by atoms with Crippen LogP contribution in [0, 0.1) is 0 Å². The van der Waals surface area contributed by atoms with Gasteiger partial charge in [-0.3, -0.25) is 4.90 Å². The van der Waals surface area contributed by atoms with Crippen molar-refractivity contribution in [2.24, 2.45) is 0 Å². The van der Waals surface area contributed by atoms with E-state index >= 15 is 0 Å². The van der Waals surface area contributed by atoms with E-state index in [1.807, 2.05) is 24.3 Å². The van der Waals surface area contributed by atoms with Gasteiger partial charge in [-0.15, -0.1) is 0 Å². The zero-order chi connectivity index (χ0) is 16.1. The minimum Gasteiger partial charge on any atom is -0.476 e. The average molecular weight is 323 g/mol. The fourth-order valence-corrected chi connectivity index (χ4v) is 2.32. The lowest BCUT2D eigenvalue weighted by Gasteiger charge is -2.27. The predicted molar refractivity (Wildman–Crippen MR) is 83.9 cm³/mol. The Morgan fingerprint density at radius 3 is 2.73 bits per heavy atom. The standard InChI is InChI=1S/C16H19ClN2O3/c1-3-11(2)19(8-12-6-4-5-7-13(12)17)9-15-18-14(10-22-15)16(20)21/h4-7,10-11H,3,8-9H2,1-2H3,(H,20,21). The van der Waals surface area contributed by atoms with Crippen LogP contribution in [0.4, 0.5) is 0 Å². The Balaban J connectivity index is 2.15. The molecule has 1 aromatic carbocycles. The highest BCUT2D eigenvalue weighted by molar-refractivity contribution is 6.31. The van der Waals surface area contributed by atoms with Crippen LogP contribution in [-0.2, 0) is 13.1 Å². The van der Waals surface area contributed by atoms with Crippen LogP contribution in [0.1, 0.15) is 42.2 Å². The second-order valence-electron chi connectivity index (χ2n) is 5.19. The van der Waals surface area contributed by atoms with Crippen molar-refractivity contribution in [3.63, 3.8) is 0 Å². The van der Waals surface area contributed by atoms with Crippen molar-refractivity contribution in [3.05, 3.63) is 52.7 Å². The Kier molecular flexibility index (Phi) is 5.57. The zero-order valence-corrected chi connectivity index (χ0v) is 13.4. The highest BCUT2D eigenvalue weighted by atomic mass is 35.5. The third kappa shape index (κ3) is 4.08. The van der Waals surface area contributed by atoms with Crippen molar-refractivity contribution >= 4 is 17.6 Å². The molecule has 1 aromatic heterocycles. The molecule has 118 valence electrons. The molecule has 5 nitrogen and oxygen atoms in total. The number of carboxylic acids is 1. The average Bonchev–Trinajstić information content (AvgIpc) is 2.97. The molecule has 0 aliphatic rings. The van der Waals surface area contributed by atoms with E-state index in [2.05, 4.69) is 23.7 Å². The number of halogens is 1. The maximum absolute atomic E-state index is 10.9. The lowest BCUT2D eigenvalue weighted by Crippen LogP contribution is -2.31. The van der Waals surface area contributed by atoms with Gasteiger partial charge in [0.2, 0.25) is 5.89 Å². The maximum atomic E-state index is 10.9. The number of benzene rings is 1. The van der Waals surface area contributed by atoms with Gasteiger partial charge in [0.05, 0.1) is 6.54 Å². The van der Waals surface area contributed by atoms with Crippen LogP contribution < -0.4 is 0 Å². The van der Waals surface area contributed by atoms with Crippen LogP contribution >= 0.6 is 11.6 Å². The second kappa shape index (κ2) is 7.42. The number of aromatic nitrogens is 1. The summed E-state index contributed by atoms with van der Waals surface area (Å²) in [5.41, 5.74) is 0.950. The van der Waals surface area contributed by atoms with Crippen molar-refractivity contribution in [3.8, 4) is 0 Å². The summed E-state index contributed by atoms with van der Waals surface area (Å²) in [6.07, 6.45) is 2.12. The third-order valence-electron chi connectivity index (χ3n) is 3.65. The van der Waals surface area contributed by atoms with Crippen LogP contribution in [0.25, 0.3) is 0 Å². The molecule has 0 saturated carbocycles. The molecule has 0 fully saturated rings. The van der Waals surface area contributed by atoms with E-state index in [-0.39, 0.29) is 11.7 Å². The van der Waals surface area contributed by atoms with E-state index in [0.717, 1.165) is 17.0 Å². The first-order valence-corrected chi connectivity index (χ1v) is 7.54. The van der Waals surface area contributed by atoms with Gasteiger partial charge in [0.25, 0.3) is 0 Å². The molecule has 0 aliphatic heterocycles. The number of aromatic carboxylic acids is 1. The molecule has 1 atom stereocenters. The first-order chi connectivity index (χ1) is 10.5. The number of hydrogen-bond acceptors (Lipinski definition) is 4. The molecular weight excluding hydrogens is 304 g/mol. The zero-order valence-electron chi connectivity index (χ0n) is 12.6. The van der Waals surface area contributed by atoms with Crippen LogP contribution in [0.15, 0.2) is 34.9 Å². The van der Waals surface area contributed by atoms with Crippen LogP contribution in [0.3, 0.4) is 0 Å². The Bertz CT molecular complexity index is 642. The van der Waals surface area contributed by atoms with Crippen molar-refractivity contribution in [1.29, 1.82) is 0 Å². The lowest BCUT2D eigenvalue weighted by molar-refractivity contribution is 0.0690. The maximum Gasteiger partial charge on any atom is 0.357 e. The van der Waals surface area contributed by atoms with E-state index in [4.69, 9.17) is 21.1 Å². The normalized spacial score (nSPS) is 12.5. The minimum atomic E-state index is -1.09. The second-order valence-corrected chi connectivity index (χ2v) is 5.59. The number of carboxylic acid groups (broad SMARTS) is 1. The van der Waals surface area contributed by atoms with Gasteiger partial charge >= 0.3 is 5.97 Å². The molecule has 6 heteroatoms. The number of hydrogen-bond donors (Lipinski definition) is 1. The summed E-state index contributed by atoms with van der Waals surface area (Å²) in [6, 6.07) is 7.97. The Morgan fingerprint density at radius 2 is 2.14 bits per heavy atom. The van der Waals surface area contributed by atoms with Crippen LogP contribution in [0.2, 0.25) is 5.02 Å². The van der Waals surface area contributed by atoms with Crippen molar-refractivity contribution in [2.45, 2.75) is 39.4 Å². The van der Waals surface area contributed by atoms with E-state index in [1.165, 1.54) is 6.26 Å². The Hall–Kier alpha value is -1.85. The Morgan fingerprint density at radius 1 is 1.41 bits per heavy atom. The van der Waals surface area contributed by atoms with Gasteiger partial charge in [-0.2, -0.15) is 0 Å². The van der Waals surface area contributed by atoms with Crippen molar-refractivity contribution in [1.82, 2.24) is 9.88 Å². The van der Waals surface area contributed by atoms with Gasteiger partial charge in [0.15, 0.2) is 5.69 Å². The molecule has 1 heterocycles. The number of oxazole rings is 1. The molecule has 1 N–H and O–H groups in total. The Labute approximate surface area is 134 Å². The topological polar surface area (TPSA) is 66.6 Å². The van der Waals surface area contributed by atoms with E-state index in [1.54, 1.807) is 0 Å². The fraction of sp³-hybridized carbons (Fsp3) is 0.375. The number of nitrogens with zero attached hydrogens (tertiary/aromatic N) is 2. The summed E-state index contributed by atoms with van der Waals surface area (Å²) in [4.78, 5) is 17.0. The monoisotopic (exact) mass is 322 g/mol. The lowest BCUT2D eigenvalue weighted by atomic mass is 10.1. The van der Waals surface area contributed by atoms with E-state index < -0.39 is 5.97 Å². The molecule has 1 unspecified atom stereocenters. The molecule has 2 aromatic rings. The summed E-state index contributed by atoms with van der Waals surface area (Å²) in [5.74, 6) is -0.694. The van der Waals surface area contributed by atoms with Crippen LogP contribution in [0.5, 0.6) is 0 Å². The highest BCUT2D eigenvalue weighted by Gasteiger charge is 2.18. The van der Waals surface area contributed by atoms with Crippen molar-refractivity contribution < 1.29 is 14.3 Å². The fourth-order valence-electron chi connectivity index (χ4n) is 2.13. The highest BCUT2D eigenvalue weighted by Crippen LogP contribution is 2.20. The van der Waals surface area contributed by atoms with Crippen molar-refractivity contribution in [2.75, 3.05) is 0 Å². The summed E-state index contributed by atoms with van der Waals surface area (Å²) >= 11 is 6.22. The van der Waals surface area contributed by atoms with Crippen LogP contribution in [-0.4, -0.2) is 27.0 Å². The first kappa shape index (κ1) is 16.5. The predicted octanol–water partition coefficient (Wildman–Crippen LogP) is 3.83. The molecule has 22 heavy (non-hydrogen) atoms. The van der Waals surface area contributed by atoms with Gasteiger partial charge in [-0.25, -0.2) is 9.78 Å². The molecule has 0 radical (unpaired) electrons. The SMILES string of the molecule is CCC(C)N(Cc1nc(C(=O)O)co1)Cc1ccccc1Cl. The minimum absolute atomic E-state index is 0.0724. The molecule has 0 aliphatic carbocycles. The molecule has 0 amide bonds. The molecule has 0 spiro atoms. The third-order valence-corrected chi connectivity index (χ3v) is 4.02. The largest absolute Gasteiger partial charge is 0.476 e. The van der Waals surface area contributed by atoms with E-state index in [9.17, 15) is 4.79 Å². The molecule has 0 bridgehead atoms. The van der Waals surface area contributed by atoms with Gasteiger partial charge < -0.3 is 9.52 Å². The quantitative estimate of drug-likeness (QED) is 0.839. The first-order valence-electron chi connectivity index (χ1n) is 7.16. The number of rotatable bonds is 7. The molecular formula is C16H19ClN2O3. The van der Waals surface area contributed by atoms with Gasteiger partial charge in [-0.05, 0) is 25.0 Å². The van der Waals surface area contributed by atoms with Gasteiger partial charge in [0.1, 0.15) is 6.26 Å². The van der Waals surface area contributed by atoms with Gasteiger partial charge in [0, 0.05) is 17.6 Å².